The molecule has 0 fully saturated rings. The van der Waals surface area contributed by atoms with E-state index in [0.717, 1.165) is 16.8 Å². The summed E-state index contributed by atoms with van der Waals surface area (Å²) in [7, 11) is 1.78. The Morgan fingerprint density at radius 3 is 2.27 bits per heavy atom. The number of aromatic nitrogens is 3. The van der Waals surface area contributed by atoms with Gasteiger partial charge in [-0.3, -0.25) is 14.5 Å². The van der Waals surface area contributed by atoms with Crippen LogP contribution in [0, 0.1) is 0 Å². The highest BCUT2D eigenvalue weighted by Gasteiger charge is 2.21. The number of halogens is 1. The fourth-order valence-corrected chi connectivity index (χ4v) is 2.89. The minimum absolute atomic E-state index is 0.177. The lowest BCUT2D eigenvalue weighted by Crippen LogP contribution is -2.30. The lowest BCUT2D eigenvalue weighted by molar-refractivity contribution is 0.0933. The van der Waals surface area contributed by atoms with Crippen molar-refractivity contribution in [3.8, 4) is 0 Å². The average molecular weight is 369 g/mol. The summed E-state index contributed by atoms with van der Waals surface area (Å²) in [5, 5.41) is 8.19. The Balaban J connectivity index is 1.93. The number of carbonyl (C=O) groups excluding carboxylic acids is 1. The molecule has 0 bridgehead atoms. The van der Waals surface area contributed by atoms with E-state index in [0.29, 0.717) is 10.7 Å². The molecule has 2 heterocycles. The van der Waals surface area contributed by atoms with Crippen molar-refractivity contribution in [1.82, 2.24) is 20.1 Å². The summed E-state index contributed by atoms with van der Waals surface area (Å²) in [6, 6.07) is 12.8. The maximum atomic E-state index is 12.9. The number of hydrogen-bond acceptors (Lipinski definition) is 3. The van der Waals surface area contributed by atoms with E-state index in [1.807, 2.05) is 42.5 Å². The minimum atomic E-state index is -0.305. The van der Waals surface area contributed by atoms with E-state index in [9.17, 15) is 4.79 Å². The van der Waals surface area contributed by atoms with Gasteiger partial charge < -0.3 is 5.32 Å². The third-order valence-electron chi connectivity index (χ3n) is 4.24. The highest BCUT2D eigenvalue weighted by molar-refractivity contribution is 6.30. The van der Waals surface area contributed by atoms with Gasteiger partial charge in [0.25, 0.3) is 5.91 Å². The predicted molar refractivity (Wildman–Crippen MR) is 102 cm³/mol. The predicted octanol–water partition coefficient (Wildman–Crippen LogP) is 4.11. The molecule has 0 radical (unpaired) electrons. The maximum absolute atomic E-state index is 12.9. The number of nitrogens with one attached hydrogen (secondary N) is 1. The van der Waals surface area contributed by atoms with Crippen LogP contribution in [0.15, 0.2) is 54.9 Å². The van der Waals surface area contributed by atoms with Crippen LogP contribution >= 0.6 is 11.6 Å². The highest BCUT2D eigenvalue weighted by atomic mass is 35.5. The largest absolute Gasteiger partial charge is 0.340 e. The Morgan fingerprint density at radius 1 is 1.08 bits per heavy atom. The van der Waals surface area contributed by atoms with Crippen LogP contribution in [0.1, 0.15) is 53.1 Å². The molecule has 0 spiro atoms. The maximum Gasteiger partial charge on any atom is 0.270 e. The van der Waals surface area contributed by atoms with Crippen LogP contribution in [0.5, 0.6) is 0 Å². The van der Waals surface area contributed by atoms with E-state index in [-0.39, 0.29) is 17.9 Å². The van der Waals surface area contributed by atoms with Crippen LogP contribution in [0.3, 0.4) is 0 Å². The summed E-state index contributed by atoms with van der Waals surface area (Å²) in [6.07, 6.45) is 3.43. The first-order chi connectivity index (χ1) is 12.5. The Kier molecular flexibility index (Phi) is 5.38. The number of aryl methyl sites for hydroxylation is 1. The van der Waals surface area contributed by atoms with Crippen molar-refractivity contribution in [2.45, 2.75) is 25.8 Å². The van der Waals surface area contributed by atoms with E-state index in [2.05, 4.69) is 29.2 Å². The van der Waals surface area contributed by atoms with Crippen LogP contribution in [0.2, 0.25) is 5.02 Å². The van der Waals surface area contributed by atoms with Crippen LogP contribution < -0.4 is 5.32 Å². The zero-order valence-corrected chi connectivity index (χ0v) is 15.7. The van der Waals surface area contributed by atoms with Gasteiger partial charge in [-0.15, -0.1) is 0 Å². The van der Waals surface area contributed by atoms with Gasteiger partial charge in [0.1, 0.15) is 5.69 Å². The number of carbonyl (C=O) groups is 1. The molecule has 1 atom stereocenters. The number of amides is 1. The van der Waals surface area contributed by atoms with Crippen LogP contribution in [-0.4, -0.2) is 20.7 Å². The average Bonchev–Trinajstić information content (AvgIpc) is 3.03. The molecule has 1 N–H and O–H groups in total. The molecule has 134 valence electrons. The summed E-state index contributed by atoms with van der Waals surface area (Å²) in [4.78, 5) is 17.0. The molecule has 0 saturated carbocycles. The standard InChI is InChI=1S/C20H21ClN4O/c1-13(2)17-12-18(25(3)24-17)20(26)23-19(15-8-10-22-11-9-15)14-4-6-16(21)7-5-14/h4-13,19H,1-3H3,(H,23,26)/t19-/m1/s1. The molecule has 1 aromatic carbocycles. The summed E-state index contributed by atoms with van der Waals surface area (Å²) >= 11 is 6.01. The number of benzene rings is 1. The van der Waals surface area contributed by atoms with E-state index >= 15 is 0 Å². The van der Waals surface area contributed by atoms with E-state index in [1.165, 1.54) is 0 Å². The molecule has 6 heteroatoms. The number of rotatable bonds is 5. The van der Waals surface area contributed by atoms with Crippen molar-refractivity contribution in [3.05, 3.63) is 82.4 Å². The summed E-state index contributed by atoms with van der Waals surface area (Å²) in [5.74, 6) is 0.0821. The van der Waals surface area contributed by atoms with Crippen molar-refractivity contribution in [3.63, 3.8) is 0 Å². The zero-order valence-electron chi connectivity index (χ0n) is 15.0. The Morgan fingerprint density at radius 2 is 1.69 bits per heavy atom. The molecule has 0 unspecified atom stereocenters. The first kappa shape index (κ1) is 18.1. The molecule has 26 heavy (non-hydrogen) atoms. The van der Waals surface area contributed by atoms with Gasteiger partial charge in [0.15, 0.2) is 0 Å². The lowest BCUT2D eigenvalue weighted by Gasteiger charge is -2.20. The van der Waals surface area contributed by atoms with Crippen LogP contribution in [-0.2, 0) is 7.05 Å². The molecule has 0 saturated heterocycles. The molecule has 1 amide bonds. The third-order valence-corrected chi connectivity index (χ3v) is 4.49. The Hall–Kier alpha value is -2.66. The highest BCUT2D eigenvalue weighted by Crippen LogP contribution is 2.24. The molecule has 3 aromatic rings. The van der Waals surface area contributed by atoms with Crippen molar-refractivity contribution in [2.24, 2.45) is 7.05 Å². The lowest BCUT2D eigenvalue weighted by atomic mass is 9.99. The number of nitrogens with zero attached hydrogens (tertiary/aromatic N) is 3. The van der Waals surface area contributed by atoms with Gasteiger partial charge in [-0.2, -0.15) is 5.10 Å². The van der Waals surface area contributed by atoms with E-state index in [4.69, 9.17) is 11.6 Å². The smallest absolute Gasteiger partial charge is 0.270 e. The second-order valence-corrected chi connectivity index (χ2v) is 6.91. The molecule has 0 aliphatic carbocycles. The Bertz CT molecular complexity index is 888. The molecule has 2 aromatic heterocycles. The van der Waals surface area contributed by atoms with E-state index < -0.39 is 0 Å². The van der Waals surface area contributed by atoms with Crippen molar-refractivity contribution < 1.29 is 4.79 Å². The van der Waals surface area contributed by atoms with E-state index in [1.54, 1.807) is 24.1 Å². The van der Waals surface area contributed by atoms with Crippen molar-refractivity contribution in [1.29, 1.82) is 0 Å². The van der Waals surface area contributed by atoms with Gasteiger partial charge in [0.2, 0.25) is 0 Å². The van der Waals surface area contributed by atoms with Gasteiger partial charge in [-0.05, 0) is 47.4 Å². The first-order valence-corrected chi connectivity index (χ1v) is 8.83. The summed E-state index contributed by atoms with van der Waals surface area (Å²) in [5.41, 5.74) is 3.31. The third kappa shape index (κ3) is 3.94. The second kappa shape index (κ2) is 7.70. The fraction of sp³-hybridized carbons (Fsp3) is 0.250. The molecule has 0 aliphatic rings. The molecular weight excluding hydrogens is 348 g/mol. The van der Waals surface area contributed by atoms with Crippen molar-refractivity contribution in [2.75, 3.05) is 0 Å². The number of hydrogen-bond donors (Lipinski definition) is 1. The van der Waals surface area contributed by atoms with Gasteiger partial charge in [0.05, 0.1) is 11.7 Å². The molecule has 0 aliphatic heterocycles. The Labute approximate surface area is 158 Å². The van der Waals surface area contributed by atoms with Gasteiger partial charge in [0, 0.05) is 24.5 Å². The van der Waals surface area contributed by atoms with Crippen LogP contribution in [0.25, 0.3) is 0 Å². The summed E-state index contributed by atoms with van der Waals surface area (Å²) in [6.45, 7) is 4.11. The van der Waals surface area contributed by atoms with Gasteiger partial charge >= 0.3 is 0 Å². The SMILES string of the molecule is CC(C)c1cc(C(=O)N[C@@H](c2ccncc2)c2ccc(Cl)cc2)n(C)n1. The fourth-order valence-electron chi connectivity index (χ4n) is 2.76. The molecular formula is C20H21ClN4O. The second-order valence-electron chi connectivity index (χ2n) is 6.47. The van der Waals surface area contributed by atoms with Gasteiger partial charge in [-0.25, -0.2) is 0 Å². The normalized spacial score (nSPS) is 12.2. The quantitative estimate of drug-likeness (QED) is 0.737. The topological polar surface area (TPSA) is 59.8 Å². The zero-order chi connectivity index (χ0) is 18.7. The van der Waals surface area contributed by atoms with Gasteiger partial charge in [-0.1, -0.05) is 37.6 Å². The summed E-state index contributed by atoms with van der Waals surface area (Å²) < 4.78 is 1.62. The first-order valence-electron chi connectivity index (χ1n) is 8.46. The number of pyridine rings is 1. The monoisotopic (exact) mass is 368 g/mol. The van der Waals surface area contributed by atoms with Crippen molar-refractivity contribution >= 4 is 17.5 Å². The minimum Gasteiger partial charge on any atom is -0.340 e. The molecule has 3 rings (SSSR count). The van der Waals surface area contributed by atoms with Crippen LogP contribution in [0.4, 0.5) is 0 Å². The molecule has 5 nitrogen and oxygen atoms in total.